The maximum atomic E-state index is 4.44. The highest BCUT2D eigenvalue weighted by Crippen LogP contribution is 2.19. The SMILES string of the molecule is CNC(C)c1ccnc(-n2cnc3ccccc32)c1. The van der Waals surface area contributed by atoms with Gasteiger partial charge >= 0.3 is 0 Å². The molecule has 0 aliphatic rings. The van der Waals surface area contributed by atoms with E-state index in [0.29, 0.717) is 6.04 Å². The summed E-state index contributed by atoms with van der Waals surface area (Å²) in [6.07, 6.45) is 3.66. The lowest BCUT2D eigenvalue weighted by Crippen LogP contribution is -2.12. The molecule has 2 aromatic heterocycles. The van der Waals surface area contributed by atoms with Crippen molar-refractivity contribution >= 4 is 11.0 Å². The monoisotopic (exact) mass is 252 g/mol. The number of hydrogen-bond acceptors (Lipinski definition) is 3. The van der Waals surface area contributed by atoms with Crippen molar-refractivity contribution in [2.24, 2.45) is 0 Å². The molecule has 0 bridgehead atoms. The van der Waals surface area contributed by atoms with E-state index in [1.807, 2.05) is 48.4 Å². The van der Waals surface area contributed by atoms with Gasteiger partial charge in [0.2, 0.25) is 0 Å². The molecule has 1 aromatic carbocycles. The lowest BCUT2D eigenvalue weighted by Gasteiger charge is -2.12. The quantitative estimate of drug-likeness (QED) is 0.779. The molecule has 0 radical (unpaired) electrons. The second kappa shape index (κ2) is 4.82. The summed E-state index contributed by atoms with van der Waals surface area (Å²) in [5.74, 6) is 0.897. The van der Waals surface area contributed by atoms with Gasteiger partial charge in [-0.05, 0) is 43.8 Å². The van der Waals surface area contributed by atoms with Crippen LogP contribution in [0.5, 0.6) is 0 Å². The smallest absolute Gasteiger partial charge is 0.138 e. The Morgan fingerprint density at radius 1 is 1.16 bits per heavy atom. The summed E-state index contributed by atoms with van der Waals surface area (Å²) in [6, 6.07) is 12.5. The van der Waals surface area contributed by atoms with Crippen molar-refractivity contribution in [2.75, 3.05) is 7.05 Å². The van der Waals surface area contributed by atoms with Crippen molar-refractivity contribution < 1.29 is 0 Å². The molecule has 1 N–H and O–H groups in total. The number of hydrogen-bond donors (Lipinski definition) is 1. The van der Waals surface area contributed by atoms with Gasteiger partial charge in [-0.15, -0.1) is 0 Å². The van der Waals surface area contributed by atoms with Crippen LogP contribution in [0.2, 0.25) is 0 Å². The summed E-state index contributed by atoms with van der Waals surface area (Å²) in [6.45, 7) is 2.13. The Labute approximate surface area is 112 Å². The Hall–Kier alpha value is -2.20. The molecular weight excluding hydrogens is 236 g/mol. The molecule has 0 fully saturated rings. The summed E-state index contributed by atoms with van der Waals surface area (Å²) in [7, 11) is 1.96. The molecule has 3 rings (SSSR count). The van der Waals surface area contributed by atoms with Crippen molar-refractivity contribution in [3.63, 3.8) is 0 Å². The summed E-state index contributed by atoms with van der Waals surface area (Å²) in [4.78, 5) is 8.84. The first-order valence-electron chi connectivity index (χ1n) is 6.35. The summed E-state index contributed by atoms with van der Waals surface area (Å²) in [5, 5.41) is 3.24. The van der Waals surface area contributed by atoms with Crippen LogP contribution >= 0.6 is 0 Å². The number of benzene rings is 1. The molecule has 0 saturated carbocycles. The normalized spacial score (nSPS) is 12.7. The fourth-order valence-electron chi connectivity index (χ4n) is 2.14. The van der Waals surface area contributed by atoms with Gasteiger partial charge in [0, 0.05) is 12.2 Å². The molecule has 96 valence electrons. The average molecular weight is 252 g/mol. The Bertz CT molecular complexity index is 702. The third-order valence-electron chi connectivity index (χ3n) is 3.40. The molecule has 4 nitrogen and oxygen atoms in total. The van der Waals surface area contributed by atoms with Gasteiger partial charge in [0.05, 0.1) is 11.0 Å². The van der Waals surface area contributed by atoms with Gasteiger partial charge in [0.15, 0.2) is 0 Å². The minimum absolute atomic E-state index is 0.302. The lowest BCUT2D eigenvalue weighted by atomic mass is 10.1. The van der Waals surface area contributed by atoms with Crippen molar-refractivity contribution in [1.82, 2.24) is 19.9 Å². The van der Waals surface area contributed by atoms with E-state index in [9.17, 15) is 0 Å². The van der Waals surface area contributed by atoms with Crippen LogP contribution in [-0.2, 0) is 0 Å². The second-order valence-electron chi connectivity index (χ2n) is 4.56. The largest absolute Gasteiger partial charge is 0.313 e. The zero-order valence-corrected chi connectivity index (χ0v) is 11.0. The van der Waals surface area contributed by atoms with E-state index in [0.717, 1.165) is 16.9 Å². The topological polar surface area (TPSA) is 42.7 Å². The van der Waals surface area contributed by atoms with Crippen molar-refractivity contribution in [1.29, 1.82) is 0 Å². The molecule has 4 heteroatoms. The van der Waals surface area contributed by atoms with Gasteiger partial charge in [-0.3, -0.25) is 4.57 Å². The Morgan fingerprint density at radius 3 is 2.84 bits per heavy atom. The molecule has 1 atom stereocenters. The number of nitrogens with zero attached hydrogens (tertiary/aromatic N) is 3. The van der Waals surface area contributed by atoms with Crippen molar-refractivity contribution in [3.05, 3.63) is 54.5 Å². The van der Waals surface area contributed by atoms with E-state index < -0.39 is 0 Å². The zero-order chi connectivity index (χ0) is 13.2. The molecule has 3 aromatic rings. The first-order valence-corrected chi connectivity index (χ1v) is 6.35. The van der Waals surface area contributed by atoms with Crippen LogP contribution in [-0.4, -0.2) is 21.6 Å². The number of rotatable bonds is 3. The van der Waals surface area contributed by atoms with Crippen molar-refractivity contribution in [3.8, 4) is 5.82 Å². The van der Waals surface area contributed by atoms with E-state index in [2.05, 4.69) is 34.3 Å². The zero-order valence-electron chi connectivity index (χ0n) is 11.0. The fourth-order valence-corrected chi connectivity index (χ4v) is 2.14. The number of nitrogens with one attached hydrogen (secondary N) is 1. The first kappa shape index (κ1) is 11.9. The second-order valence-corrected chi connectivity index (χ2v) is 4.56. The van der Waals surface area contributed by atoms with Crippen LogP contribution < -0.4 is 5.32 Å². The van der Waals surface area contributed by atoms with Crippen LogP contribution in [0.1, 0.15) is 18.5 Å². The number of fused-ring (bicyclic) bond motifs is 1. The number of pyridine rings is 1. The van der Waals surface area contributed by atoms with Gasteiger partial charge < -0.3 is 5.32 Å². The molecule has 0 aliphatic carbocycles. The van der Waals surface area contributed by atoms with Crippen LogP contribution in [0.25, 0.3) is 16.9 Å². The first-order chi connectivity index (χ1) is 9.29. The number of imidazole rings is 1. The van der Waals surface area contributed by atoms with E-state index in [-0.39, 0.29) is 0 Å². The average Bonchev–Trinajstić information content (AvgIpc) is 2.90. The Kier molecular flexibility index (Phi) is 3.01. The third-order valence-corrected chi connectivity index (χ3v) is 3.40. The predicted octanol–water partition coefficient (Wildman–Crippen LogP) is 2.70. The molecule has 0 aliphatic heterocycles. The minimum Gasteiger partial charge on any atom is -0.313 e. The van der Waals surface area contributed by atoms with Crippen LogP contribution in [0, 0.1) is 0 Å². The number of aromatic nitrogens is 3. The van der Waals surface area contributed by atoms with Gasteiger partial charge in [-0.25, -0.2) is 9.97 Å². The van der Waals surface area contributed by atoms with E-state index in [1.165, 1.54) is 5.56 Å². The number of para-hydroxylation sites is 2. The van der Waals surface area contributed by atoms with Gasteiger partial charge in [0.25, 0.3) is 0 Å². The predicted molar refractivity (Wildman–Crippen MR) is 76.3 cm³/mol. The van der Waals surface area contributed by atoms with Gasteiger partial charge in [-0.2, -0.15) is 0 Å². The summed E-state index contributed by atoms with van der Waals surface area (Å²) < 4.78 is 2.02. The van der Waals surface area contributed by atoms with Crippen molar-refractivity contribution in [2.45, 2.75) is 13.0 Å². The standard InChI is InChI=1S/C15H16N4/c1-11(16-2)12-7-8-17-15(9-12)19-10-18-13-5-3-4-6-14(13)19/h3-11,16H,1-2H3. The maximum Gasteiger partial charge on any atom is 0.138 e. The highest BCUT2D eigenvalue weighted by Gasteiger charge is 2.08. The summed E-state index contributed by atoms with van der Waals surface area (Å²) in [5.41, 5.74) is 3.27. The lowest BCUT2D eigenvalue weighted by molar-refractivity contribution is 0.650. The Morgan fingerprint density at radius 2 is 2.00 bits per heavy atom. The van der Waals surface area contributed by atoms with E-state index in [4.69, 9.17) is 0 Å². The van der Waals surface area contributed by atoms with Gasteiger partial charge in [0.1, 0.15) is 12.1 Å². The van der Waals surface area contributed by atoms with E-state index in [1.54, 1.807) is 0 Å². The Balaban J connectivity index is 2.11. The van der Waals surface area contributed by atoms with Crippen LogP contribution in [0.3, 0.4) is 0 Å². The third kappa shape index (κ3) is 2.11. The highest BCUT2D eigenvalue weighted by atomic mass is 15.1. The van der Waals surface area contributed by atoms with Crippen LogP contribution in [0.15, 0.2) is 48.9 Å². The van der Waals surface area contributed by atoms with Crippen LogP contribution in [0.4, 0.5) is 0 Å². The molecule has 0 amide bonds. The molecule has 19 heavy (non-hydrogen) atoms. The molecule has 0 spiro atoms. The van der Waals surface area contributed by atoms with E-state index >= 15 is 0 Å². The molecule has 2 heterocycles. The molecule has 0 saturated heterocycles. The highest BCUT2D eigenvalue weighted by molar-refractivity contribution is 5.76. The molecular formula is C15H16N4. The molecule has 1 unspecified atom stereocenters. The maximum absolute atomic E-state index is 4.44. The summed E-state index contributed by atoms with van der Waals surface area (Å²) >= 11 is 0. The minimum atomic E-state index is 0.302. The fraction of sp³-hybridized carbons (Fsp3) is 0.200. The van der Waals surface area contributed by atoms with Gasteiger partial charge in [-0.1, -0.05) is 12.1 Å².